The lowest BCUT2D eigenvalue weighted by Gasteiger charge is -2.10. The zero-order chi connectivity index (χ0) is 16.8. The predicted octanol–water partition coefficient (Wildman–Crippen LogP) is 4.38. The van der Waals surface area contributed by atoms with Crippen LogP contribution in [0.5, 0.6) is 0 Å². The number of nitrogens with one attached hydrogen (secondary N) is 2. The van der Waals surface area contributed by atoms with E-state index in [4.69, 9.17) is 23.2 Å². The van der Waals surface area contributed by atoms with Gasteiger partial charge in [0.1, 0.15) is 0 Å². The van der Waals surface area contributed by atoms with Crippen LogP contribution in [0.1, 0.15) is 16.7 Å². The summed E-state index contributed by atoms with van der Waals surface area (Å²) >= 11 is 12.0. The molecule has 0 heterocycles. The summed E-state index contributed by atoms with van der Waals surface area (Å²) in [4.78, 5) is 11.9. The molecule has 0 fully saturated rings. The van der Waals surface area contributed by atoms with Crippen LogP contribution in [0, 0.1) is 13.8 Å². The predicted molar refractivity (Wildman–Crippen MR) is 97.6 cm³/mol. The highest BCUT2D eigenvalue weighted by molar-refractivity contribution is 6.35. The lowest BCUT2D eigenvalue weighted by molar-refractivity contribution is -0.119. The molecule has 0 saturated carbocycles. The Bertz CT molecular complexity index is 681. The van der Waals surface area contributed by atoms with Crippen LogP contribution in [0.15, 0.2) is 36.4 Å². The summed E-state index contributed by atoms with van der Waals surface area (Å²) in [6.07, 6.45) is 0.672. The van der Waals surface area contributed by atoms with Crippen molar-refractivity contribution in [2.24, 2.45) is 0 Å². The van der Waals surface area contributed by atoms with Gasteiger partial charge in [0.05, 0.1) is 6.54 Å². The minimum Gasteiger partial charge on any atom is -0.376 e. The zero-order valence-electron chi connectivity index (χ0n) is 13.2. The molecular weight excluding hydrogens is 331 g/mol. The van der Waals surface area contributed by atoms with Crippen LogP contribution < -0.4 is 10.6 Å². The molecule has 0 aliphatic carbocycles. The molecule has 1 amide bonds. The van der Waals surface area contributed by atoms with E-state index in [2.05, 4.69) is 16.7 Å². The van der Waals surface area contributed by atoms with Crippen LogP contribution in [0.25, 0.3) is 0 Å². The van der Waals surface area contributed by atoms with Crippen LogP contribution in [0.4, 0.5) is 5.69 Å². The largest absolute Gasteiger partial charge is 0.376 e. The Labute approximate surface area is 147 Å². The van der Waals surface area contributed by atoms with Crippen LogP contribution >= 0.6 is 23.2 Å². The molecule has 0 atom stereocenters. The highest BCUT2D eigenvalue weighted by Crippen LogP contribution is 2.21. The smallest absolute Gasteiger partial charge is 0.239 e. The molecule has 2 N–H and O–H groups in total. The Morgan fingerprint density at radius 1 is 1.04 bits per heavy atom. The summed E-state index contributed by atoms with van der Waals surface area (Å²) in [6, 6.07) is 11.5. The van der Waals surface area contributed by atoms with Gasteiger partial charge < -0.3 is 10.6 Å². The van der Waals surface area contributed by atoms with Crippen LogP contribution in [0.3, 0.4) is 0 Å². The molecule has 0 spiro atoms. The Morgan fingerprint density at radius 2 is 1.74 bits per heavy atom. The molecule has 0 aromatic heterocycles. The van der Waals surface area contributed by atoms with Crippen LogP contribution in [0.2, 0.25) is 10.0 Å². The van der Waals surface area contributed by atoms with E-state index in [0.29, 0.717) is 23.0 Å². The number of anilines is 1. The van der Waals surface area contributed by atoms with E-state index in [-0.39, 0.29) is 12.5 Å². The summed E-state index contributed by atoms with van der Waals surface area (Å²) in [6.45, 7) is 4.86. The molecule has 3 nitrogen and oxygen atoms in total. The number of hydrogen-bond acceptors (Lipinski definition) is 2. The topological polar surface area (TPSA) is 41.1 Å². The first-order valence-electron chi connectivity index (χ1n) is 7.47. The average Bonchev–Trinajstić information content (AvgIpc) is 2.46. The first-order valence-corrected chi connectivity index (χ1v) is 8.22. The molecular formula is C18H20Cl2N2O. The van der Waals surface area contributed by atoms with Crippen molar-refractivity contribution >= 4 is 34.8 Å². The Morgan fingerprint density at radius 3 is 2.39 bits per heavy atom. The van der Waals surface area contributed by atoms with Gasteiger partial charge in [0.15, 0.2) is 0 Å². The van der Waals surface area contributed by atoms with Gasteiger partial charge in [-0.3, -0.25) is 4.79 Å². The van der Waals surface area contributed by atoms with E-state index >= 15 is 0 Å². The van der Waals surface area contributed by atoms with Gasteiger partial charge in [-0.1, -0.05) is 35.3 Å². The summed E-state index contributed by atoms with van der Waals surface area (Å²) in [5.41, 5.74) is 4.27. The number of halogens is 2. The van der Waals surface area contributed by atoms with Crippen molar-refractivity contribution in [3.63, 3.8) is 0 Å². The SMILES string of the molecule is Cc1cc(C)cc(NCC(=O)NCCc2ccc(Cl)cc2Cl)c1. The molecule has 2 aromatic rings. The highest BCUT2D eigenvalue weighted by Gasteiger charge is 2.04. The third kappa shape index (κ3) is 5.77. The van der Waals surface area contributed by atoms with Gasteiger partial charge in [0, 0.05) is 22.3 Å². The normalized spacial score (nSPS) is 10.4. The minimum atomic E-state index is -0.0470. The molecule has 0 aliphatic heterocycles. The summed E-state index contributed by atoms with van der Waals surface area (Å²) in [5, 5.41) is 7.25. The Balaban J connectivity index is 1.77. The zero-order valence-corrected chi connectivity index (χ0v) is 14.8. The molecule has 5 heteroatoms. The average molecular weight is 351 g/mol. The second kappa shape index (κ2) is 8.23. The summed E-state index contributed by atoms with van der Waals surface area (Å²) in [7, 11) is 0. The third-order valence-electron chi connectivity index (χ3n) is 3.41. The third-order valence-corrected chi connectivity index (χ3v) is 3.99. The maximum Gasteiger partial charge on any atom is 0.239 e. The quantitative estimate of drug-likeness (QED) is 0.811. The van der Waals surface area contributed by atoms with Crippen molar-refractivity contribution in [1.29, 1.82) is 0 Å². The van der Waals surface area contributed by atoms with Crippen molar-refractivity contribution < 1.29 is 4.79 Å². The Hall–Kier alpha value is -1.71. The van der Waals surface area contributed by atoms with E-state index in [1.54, 1.807) is 12.1 Å². The minimum absolute atomic E-state index is 0.0470. The van der Waals surface area contributed by atoms with E-state index in [1.165, 1.54) is 11.1 Å². The van der Waals surface area contributed by atoms with Crippen molar-refractivity contribution in [2.45, 2.75) is 20.3 Å². The molecule has 0 saturated heterocycles. The van der Waals surface area contributed by atoms with Gasteiger partial charge in [-0.25, -0.2) is 0 Å². The summed E-state index contributed by atoms with van der Waals surface area (Å²) < 4.78 is 0. The van der Waals surface area contributed by atoms with E-state index < -0.39 is 0 Å². The van der Waals surface area contributed by atoms with Crippen molar-refractivity contribution in [2.75, 3.05) is 18.4 Å². The van der Waals surface area contributed by atoms with Crippen molar-refractivity contribution in [3.05, 3.63) is 63.1 Å². The lowest BCUT2D eigenvalue weighted by atomic mass is 10.1. The van der Waals surface area contributed by atoms with Gasteiger partial charge in [-0.15, -0.1) is 0 Å². The van der Waals surface area contributed by atoms with Gasteiger partial charge in [-0.2, -0.15) is 0 Å². The molecule has 2 rings (SSSR count). The van der Waals surface area contributed by atoms with E-state index in [0.717, 1.165) is 11.3 Å². The molecule has 0 unspecified atom stereocenters. The van der Waals surface area contributed by atoms with Gasteiger partial charge in [0.2, 0.25) is 5.91 Å². The number of carbonyl (C=O) groups excluding carboxylic acids is 1. The number of rotatable bonds is 6. The fourth-order valence-electron chi connectivity index (χ4n) is 2.38. The number of benzene rings is 2. The van der Waals surface area contributed by atoms with Crippen LogP contribution in [-0.4, -0.2) is 19.0 Å². The maximum atomic E-state index is 11.9. The lowest BCUT2D eigenvalue weighted by Crippen LogP contribution is -2.31. The number of hydrogen-bond donors (Lipinski definition) is 2. The van der Waals surface area contributed by atoms with Gasteiger partial charge in [-0.05, 0) is 61.2 Å². The maximum absolute atomic E-state index is 11.9. The molecule has 0 radical (unpaired) electrons. The van der Waals surface area contributed by atoms with Crippen molar-refractivity contribution in [1.82, 2.24) is 5.32 Å². The number of amides is 1. The van der Waals surface area contributed by atoms with E-state index in [1.807, 2.05) is 32.0 Å². The van der Waals surface area contributed by atoms with Crippen molar-refractivity contribution in [3.8, 4) is 0 Å². The van der Waals surface area contributed by atoms with Crippen LogP contribution in [-0.2, 0) is 11.2 Å². The highest BCUT2D eigenvalue weighted by atomic mass is 35.5. The second-order valence-corrected chi connectivity index (χ2v) is 6.41. The monoisotopic (exact) mass is 350 g/mol. The fraction of sp³-hybridized carbons (Fsp3) is 0.278. The number of carbonyl (C=O) groups is 1. The fourth-order valence-corrected chi connectivity index (χ4v) is 2.89. The second-order valence-electron chi connectivity index (χ2n) is 5.57. The van der Waals surface area contributed by atoms with Gasteiger partial charge >= 0.3 is 0 Å². The number of aryl methyl sites for hydroxylation is 2. The molecule has 2 aromatic carbocycles. The van der Waals surface area contributed by atoms with E-state index in [9.17, 15) is 4.79 Å². The Kier molecular flexibility index (Phi) is 6.31. The first-order chi connectivity index (χ1) is 10.9. The summed E-state index contributed by atoms with van der Waals surface area (Å²) in [5.74, 6) is -0.0470. The first kappa shape index (κ1) is 17.6. The molecule has 23 heavy (non-hydrogen) atoms. The standard InChI is InChI=1S/C18H20Cl2N2O/c1-12-7-13(2)9-16(8-12)22-11-18(23)21-6-5-14-3-4-15(19)10-17(14)20/h3-4,7-10,22H,5-6,11H2,1-2H3,(H,21,23). The molecule has 0 bridgehead atoms. The van der Waals surface area contributed by atoms with Gasteiger partial charge in [0.25, 0.3) is 0 Å². The molecule has 122 valence electrons. The molecule has 0 aliphatic rings.